The van der Waals surface area contributed by atoms with Gasteiger partial charge in [0.05, 0.1) is 16.7 Å². The van der Waals surface area contributed by atoms with Gasteiger partial charge < -0.3 is 9.88 Å². The first-order valence-electron chi connectivity index (χ1n) is 21.5. The van der Waals surface area contributed by atoms with Gasteiger partial charge in [-0.1, -0.05) is 200 Å². The van der Waals surface area contributed by atoms with Gasteiger partial charge >= 0.3 is 0 Å². The molecule has 0 amide bonds. The summed E-state index contributed by atoms with van der Waals surface area (Å²) < 4.78 is 2.44. The van der Waals surface area contributed by atoms with Crippen molar-refractivity contribution in [1.82, 2.24) is 9.88 Å². The Labute approximate surface area is 365 Å². The molecule has 4 heteroatoms. The van der Waals surface area contributed by atoms with Gasteiger partial charge in [0, 0.05) is 27.5 Å². The molecule has 1 atom stereocenters. The predicted octanol–water partition coefficient (Wildman–Crippen LogP) is 14.6. The zero-order chi connectivity index (χ0) is 41.7. The molecular weight excluding hydrogens is 765 g/mol. The van der Waals surface area contributed by atoms with E-state index in [0.29, 0.717) is 5.84 Å². The van der Waals surface area contributed by atoms with Crippen LogP contribution in [0.15, 0.2) is 241 Å². The monoisotopic (exact) mass is 804 g/mol. The molecule has 2 heterocycles. The van der Waals surface area contributed by atoms with Crippen molar-refractivity contribution in [3.63, 3.8) is 0 Å². The van der Waals surface area contributed by atoms with Crippen LogP contribution in [0.4, 0.5) is 0 Å². The first-order chi connectivity index (χ1) is 31.2. The fraction of sp³-hybridized carbons (Fsp3) is 0.0169. The average Bonchev–Trinajstić information content (AvgIpc) is 3.71. The van der Waals surface area contributed by atoms with E-state index in [2.05, 4.69) is 240 Å². The lowest BCUT2D eigenvalue weighted by molar-refractivity contribution is 0.674. The van der Waals surface area contributed by atoms with E-state index in [0.717, 1.165) is 55.8 Å². The Balaban J connectivity index is 1.02. The minimum atomic E-state index is -0.363. The molecule has 1 N–H and O–H groups in total. The van der Waals surface area contributed by atoms with Gasteiger partial charge in [-0.25, -0.2) is 9.98 Å². The standard InChI is InChI=1S/C59H40N4/c1-2-15-39(16-3-1)42-29-33-43(34-30-42)57-60-58(47-36-32-41-18-5-7-20-45(41)38-47)62-59(61-57)51-23-9-8-21-49(51)50-22-10-12-26-53(50)63-54-27-13-11-24-52(54)56-48(25-14-28-55(56)63)46-35-31-40-17-4-6-19-44(40)37-46/h1-38,57H,(H,60,61,62). The number of rotatable bonds is 7. The number of para-hydroxylation sites is 2. The number of amidine groups is 2. The molecule has 1 aromatic heterocycles. The quantitative estimate of drug-likeness (QED) is 0.171. The molecule has 0 bridgehead atoms. The minimum Gasteiger partial charge on any atom is -0.344 e. The summed E-state index contributed by atoms with van der Waals surface area (Å²) in [7, 11) is 0. The average molecular weight is 805 g/mol. The van der Waals surface area contributed by atoms with Crippen molar-refractivity contribution in [2.24, 2.45) is 9.98 Å². The van der Waals surface area contributed by atoms with Gasteiger partial charge in [-0.3, -0.25) is 0 Å². The number of hydrogen-bond acceptors (Lipinski definition) is 3. The molecule has 0 fully saturated rings. The molecular formula is C59H40N4. The summed E-state index contributed by atoms with van der Waals surface area (Å²) in [6.45, 7) is 0. The van der Waals surface area contributed by atoms with E-state index < -0.39 is 0 Å². The lowest BCUT2D eigenvalue weighted by Crippen LogP contribution is -2.33. The summed E-state index contributed by atoms with van der Waals surface area (Å²) in [5, 5.41) is 11.0. The molecule has 11 aromatic rings. The summed E-state index contributed by atoms with van der Waals surface area (Å²) >= 11 is 0. The van der Waals surface area contributed by atoms with E-state index in [4.69, 9.17) is 9.98 Å². The molecule has 10 aromatic carbocycles. The second-order valence-corrected chi connectivity index (χ2v) is 16.2. The highest BCUT2D eigenvalue weighted by Crippen LogP contribution is 2.42. The Morgan fingerprint density at radius 2 is 0.937 bits per heavy atom. The van der Waals surface area contributed by atoms with Crippen LogP contribution in [0.3, 0.4) is 0 Å². The van der Waals surface area contributed by atoms with Gasteiger partial charge in [-0.15, -0.1) is 0 Å². The van der Waals surface area contributed by atoms with E-state index in [9.17, 15) is 0 Å². The van der Waals surface area contributed by atoms with Crippen LogP contribution in [-0.4, -0.2) is 16.2 Å². The molecule has 4 nitrogen and oxygen atoms in total. The van der Waals surface area contributed by atoms with Crippen LogP contribution in [-0.2, 0) is 0 Å². The second kappa shape index (κ2) is 15.3. The summed E-state index contributed by atoms with van der Waals surface area (Å²) in [6, 6.07) is 82.5. The highest BCUT2D eigenvalue weighted by molar-refractivity contribution is 6.18. The third-order valence-corrected chi connectivity index (χ3v) is 12.5. The molecule has 0 radical (unpaired) electrons. The summed E-state index contributed by atoms with van der Waals surface area (Å²) in [6.07, 6.45) is -0.363. The molecule has 0 spiro atoms. The Morgan fingerprint density at radius 3 is 1.71 bits per heavy atom. The molecule has 0 saturated heterocycles. The molecule has 12 rings (SSSR count). The number of nitrogens with zero attached hydrogens (tertiary/aromatic N) is 3. The number of benzene rings is 10. The highest BCUT2D eigenvalue weighted by atomic mass is 15.2. The van der Waals surface area contributed by atoms with Crippen molar-refractivity contribution in [3.8, 4) is 39.1 Å². The van der Waals surface area contributed by atoms with E-state index in [-0.39, 0.29) is 6.17 Å². The summed E-state index contributed by atoms with van der Waals surface area (Å²) in [5.41, 5.74) is 13.4. The minimum absolute atomic E-state index is 0.363. The second-order valence-electron chi connectivity index (χ2n) is 16.2. The third kappa shape index (κ3) is 6.48. The first kappa shape index (κ1) is 36.5. The van der Waals surface area contributed by atoms with Crippen molar-refractivity contribution in [2.45, 2.75) is 6.17 Å². The molecule has 63 heavy (non-hydrogen) atoms. The van der Waals surface area contributed by atoms with E-state index >= 15 is 0 Å². The normalized spacial score (nSPS) is 13.9. The van der Waals surface area contributed by atoms with Crippen LogP contribution < -0.4 is 5.32 Å². The number of hydrogen-bond donors (Lipinski definition) is 1. The fourth-order valence-electron chi connectivity index (χ4n) is 9.40. The van der Waals surface area contributed by atoms with Gasteiger partial charge in [0.25, 0.3) is 0 Å². The van der Waals surface area contributed by atoms with Crippen LogP contribution in [0.5, 0.6) is 0 Å². The number of aliphatic imine (C=N–C) groups is 2. The SMILES string of the molecule is c1ccc(-c2ccc(C3N=C(c4ccccc4-c4ccccc4-n4c5ccccc5c5c(-c6ccc7ccccc7c6)cccc54)N=C(c4ccc5ccccc5c4)N3)cc2)cc1. The maximum atomic E-state index is 5.42. The Bertz CT molecular complexity index is 3600. The molecule has 1 aliphatic rings. The van der Waals surface area contributed by atoms with E-state index in [1.165, 1.54) is 49.2 Å². The molecule has 1 aliphatic heterocycles. The van der Waals surface area contributed by atoms with Gasteiger partial charge in [0.1, 0.15) is 12.0 Å². The van der Waals surface area contributed by atoms with Crippen LogP contribution in [0.1, 0.15) is 22.9 Å². The van der Waals surface area contributed by atoms with Crippen molar-refractivity contribution in [1.29, 1.82) is 0 Å². The summed E-state index contributed by atoms with van der Waals surface area (Å²) in [5.74, 6) is 1.47. The molecule has 1 unspecified atom stereocenters. The maximum absolute atomic E-state index is 5.42. The lowest BCUT2D eigenvalue weighted by Gasteiger charge is -2.25. The zero-order valence-corrected chi connectivity index (χ0v) is 34.4. The number of aromatic nitrogens is 1. The molecule has 0 aliphatic carbocycles. The van der Waals surface area contributed by atoms with Crippen molar-refractivity contribution < 1.29 is 0 Å². The van der Waals surface area contributed by atoms with Gasteiger partial charge in [0.15, 0.2) is 5.84 Å². The zero-order valence-electron chi connectivity index (χ0n) is 34.4. The smallest absolute Gasteiger partial charge is 0.160 e. The molecule has 296 valence electrons. The first-order valence-corrected chi connectivity index (χ1v) is 21.5. The van der Waals surface area contributed by atoms with Crippen molar-refractivity contribution >= 4 is 55.0 Å². The Morgan fingerprint density at radius 1 is 0.381 bits per heavy atom. The van der Waals surface area contributed by atoms with Crippen LogP contribution in [0.2, 0.25) is 0 Å². The van der Waals surface area contributed by atoms with Gasteiger partial charge in [-0.05, 0) is 85.3 Å². The van der Waals surface area contributed by atoms with Crippen LogP contribution >= 0.6 is 0 Å². The highest BCUT2D eigenvalue weighted by Gasteiger charge is 2.25. The van der Waals surface area contributed by atoms with E-state index in [1.807, 2.05) is 0 Å². The van der Waals surface area contributed by atoms with Crippen molar-refractivity contribution in [3.05, 3.63) is 247 Å². The van der Waals surface area contributed by atoms with Gasteiger partial charge in [0.2, 0.25) is 0 Å². The molecule has 0 saturated carbocycles. The lowest BCUT2D eigenvalue weighted by atomic mass is 9.96. The van der Waals surface area contributed by atoms with E-state index in [1.54, 1.807) is 0 Å². The largest absolute Gasteiger partial charge is 0.344 e. The predicted molar refractivity (Wildman–Crippen MR) is 264 cm³/mol. The van der Waals surface area contributed by atoms with Gasteiger partial charge in [-0.2, -0.15) is 0 Å². The van der Waals surface area contributed by atoms with Crippen LogP contribution in [0, 0.1) is 0 Å². The van der Waals surface area contributed by atoms with Crippen LogP contribution in [0.25, 0.3) is 82.4 Å². The topological polar surface area (TPSA) is 41.7 Å². The summed E-state index contributed by atoms with van der Waals surface area (Å²) in [4.78, 5) is 10.8. The van der Waals surface area contributed by atoms with Crippen molar-refractivity contribution in [2.75, 3.05) is 0 Å². The number of nitrogens with one attached hydrogen (secondary N) is 1. The Hall–Kier alpha value is -8.34. The third-order valence-electron chi connectivity index (χ3n) is 12.5. The number of fused-ring (bicyclic) bond motifs is 5. The maximum Gasteiger partial charge on any atom is 0.160 e. The fourth-order valence-corrected chi connectivity index (χ4v) is 9.40. The Kier molecular flexibility index (Phi) is 8.86.